The van der Waals surface area contributed by atoms with Crippen molar-refractivity contribution in [3.8, 4) is 5.75 Å². The van der Waals surface area contributed by atoms with Crippen LogP contribution in [0, 0.1) is 0 Å². The number of benzene rings is 2. The molecule has 0 aliphatic heterocycles. The topological polar surface area (TPSA) is 26.3 Å². The Morgan fingerprint density at radius 2 is 1.84 bits per heavy atom. The molecular formula is C20H21BrF2O2. The summed E-state index contributed by atoms with van der Waals surface area (Å²) in [4.78, 5) is 9.69. The molecule has 1 unspecified atom stereocenters. The zero-order valence-corrected chi connectivity index (χ0v) is 15.8. The number of ketones is 1. The van der Waals surface area contributed by atoms with Crippen molar-refractivity contribution in [1.29, 1.82) is 0 Å². The number of carbonyl (C=O) groups is 1. The van der Waals surface area contributed by atoms with Crippen molar-refractivity contribution in [2.75, 3.05) is 0 Å². The van der Waals surface area contributed by atoms with E-state index < -0.39 is 6.61 Å². The normalized spacial score (nSPS) is 11.3. The first-order chi connectivity index (χ1) is 11.8. The summed E-state index contributed by atoms with van der Waals surface area (Å²) in [5.74, 6) is 0.349. The van der Waals surface area contributed by atoms with Crippen LogP contribution in [-0.4, -0.2) is 12.4 Å². The Hall–Kier alpha value is -2.01. The Kier molecular flexibility index (Phi) is 9.06. The molecule has 1 atom stereocenters. The van der Waals surface area contributed by atoms with Gasteiger partial charge in [0, 0.05) is 4.47 Å². The highest BCUT2D eigenvalue weighted by atomic mass is 79.9. The number of ether oxygens (including phenoxy) is 1. The van der Waals surface area contributed by atoms with E-state index in [1.165, 1.54) is 18.6 Å². The number of hydrogen-bond acceptors (Lipinski definition) is 2. The molecule has 0 aliphatic carbocycles. The van der Waals surface area contributed by atoms with Crippen LogP contribution in [0.4, 0.5) is 8.78 Å². The molecule has 0 saturated heterocycles. The first kappa shape index (κ1) is 21.0. The Balaban J connectivity index is 0.000000550. The van der Waals surface area contributed by atoms with Gasteiger partial charge in [-0.1, -0.05) is 65.8 Å². The molecule has 2 aromatic carbocycles. The third-order valence-corrected chi connectivity index (χ3v) is 3.89. The molecule has 2 nitrogen and oxygen atoms in total. The molecule has 0 heterocycles. The lowest BCUT2D eigenvalue weighted by Crippen LogP contribution is -2.07. The second-order valence-electron chi connectivity index (χ2n) is 5.47. The van der Waals surface area contributed by atoms with E-state index in [0.717, 1.165) is 16.5 Å². The molecule has 0 radical (unpaired) electrons. The lowest BCUT2D eigenvalue weighted by molar-refractivity contribution is -0.112. The Morgan fingerprint density at radius 1 is 1.24 bits per heavy atom. The maximum Gasteiger partial charge on any atom is 0.387 e. The number of carbonyl (C=O) groups excluding carboxylic acids is 1. The molecule has 0 fully saturated rings. The molecule has 134 valence electrons. The van der Waals surface area contributed by atoms with Crippen molar-refractivity contribution in [2.24, 2.45) is 0 Å². The van der Waals surface area contributed by atoms with Crippen molar-refractivity contribution in [1.82, 2.24) is 0 Å². The monoisotopic (exact) mass is 410 g/mol. The molecule has 0 aromatic heterocycles. The fourth-order valence-corrected chi connectivity index (χ4v) is 2.53. The van der Waals surface area contributed by atoms with E-state index in [1.807, 2.05) is 49.4 Å². The van der Waals surface area contributed by atoms with E-state index >= 15 is 0 Å². The van der Waals surface area contributed by atoms with Gasteiger partial charge in [0.15, 0.2) is 5.78 Å². The molecular weight excluding hydrogens is 390 g/mol. The minimum absolute atomic E-state index is 0.0185. The number of rotatable bonds is 6. The average molecular weight is 411 g/mol. The maximum atomic E-state index is 12.5. The van der Waals surface area contributed by atoms with Gasteiger partial charge in [-0.3, -0.25) is 4.79 Å². The summed E-state index contributed by atoms with van der Waals surface area (Å²) in [6, 6.07) is 15.2. The lowest BCUT2D eigenvalue weighted by atomic mass is 9.93. The van der Waals surface area contributed by atoms with Crippen molar-refractivity contribution in [2.45, 2.75) is 32.8 Å². The summed E-state index contributed by atoms with van der Waals surface area (Å²) in [5.41, 5.74) is 1.96. The van der Waals surface area contributed by atoms with E-state index in [1.54, 1.807) is 6.07 Å². The average Bonchev–Trinajstić information content (AvgIpc) is 2.55. The minimum atomic E-state index is -2.81. The first-order valence-corrected chi connectivity index (χ1v) is 8.54. The van der Waals surface area contributed by atoms with E-state index in [0.29, 0.717) is 0 Å². The summed E-state index contributed by atoms with van der Waals surface area (Å²) in [6.45, 7) is 3.87. The fourth-order valence-electron chi connectivity index (χ4n) is 2.19. The SMILES string of the molecule is C=CC(C)=O.CC(Cc1ccccc1)c1ccc(Br)cc1OC(F)F. The quantitative estimate of drug-likeness (QED) is 0.533. The van der Waals surface area contributed by atoms with Gasteiger partial charge in [-0.05, 0) is 48.6 Å². The van der Waals surface area contributed by atoms with Gasteiger partial charge >= 0.3 is 6.61 Å². The lowest BCUT2D eigenvalue weighted by Gasteiger charge is -2.17. The smallest absolute Gasteiger partial charge is 0.387 e. The van der Waals surface area contributed by atoms with Gasteiger partial charge in [-0.25, -0.2) is 0 Å². The molecule has 0 N–H and O–H groups in total. The van der Waals surface area contributed by atoms with Gasteiger partial charge in [-0.2, -0.15) is 8.78 Å². The number of allylic oxidation sites excluding steroid dienone is 1. The summed E-state index contributed by atoms with van der Waals surface area (Å²) < 4.78 is 30.3. The van der Waals surface area contributed by atoms with E-state index in [-0.39, 0.29) is 17.5 Å². The summed E-state index contributed by atoms with van der Waals surface area (Å²) in [5, 5.41) is 0. The largest absolute Gasteiger partial charge is 0.434 e. The van der Waals surface area contributed by atoms with E-state index in [2.05, 4.69) is 27.2 Å². The third kappa shape index (κ3) is 8.07. The third-order valence-electron chi connectivity index (χ3n) is 3.39. The highest BCUT2D eigenvalue weighted by Crippen LogP contribution is 2.32. The first-order valence-electron chi connectivity index (χ1n) is 7.74. The Labute approximate surface area is 155 Å². The van der Waals surface area contributed by atoms with Crippen LogP contribution in [0.5, 0.6) is 5.75 Å². The molecule has 0 amide bonds. The van der Waals surface area contributed by atoms with Crippen molar-refractivity contribution in [3.63, 3.8) is 0 Å². The van der Waals surface area contributed by atoms with Gasteiger partial charge in [0.05, 0.1) is 0 Å². The second-order valence-corrected chi connectivity index (χ2v) is 6.38. The summed E-state index contributed by atoms with van der Waals surface area (Å²) in [6.07, 6.45) is 2.06. The van der Waals surface area contributed by atoms with Crippen LogP contribution in [0.3, 0.4) is 0 Å². The fraction of sp³-hybridized carbons (Fsp3) is 0.250. The van der Waals surface area contributed by atoms with Crippen molar-refractivity contribution in [3.05, 3.63) is 76.8 Å². The predicted octanol–water partition coefficient (Wildman–Crippen LogP) is 6.16. The molecule has 0 saturated carbocycles. The van der Waals surface area contributed by atoms with Crippen LogP contribution in [-0.2, 0) is 11.2 Å². The van der Waals surface area contributed by atoms with Gasteiger partial charge in [-0.15, -0.1) is 0 Å². The minimum Gasteiger partial charge on any atom is -0.434 e. The number of halogens is 3. The molecule has 2 rings (SSSR count). The number of hydrogen-bond donors (Lipinski definition) is 0. The van der Waals surface area contributed by atoms with Crippen LogP contribution < -0.4 is 4.74 Å². The van der Waals surface area contributed by atoms with Gasteiger partial charge < -0.3 is 4.74 Å². The summed E-state index contributed by atoms with van der Waals surface area (Å²) >= 11 is 3.28. The van der Waals surface area contributed by atoms with Crippen LogP contribution in [0.25, 0.3) is 0 Å². The van der Waals surface area contributed by atoms with Crippen LogP contribution in [0.15, 0.2) is 65.7 Å². The molecule has 5 heteroatoms. The van der Waals surface area contributed by atoms with Crippen LogP contribution >= 0.6 is 15.9 Å². The van der Waals surface area contributed by atoms with Gasteiger partial charge in [0.25, 0.3) is 0 Å². The molecule has 0 bridgehead atoms. The van der Waals surface area contributed by atoms with Gasteiger partial charge in [0.2, 0.25) is 0 Å². The zero-order valence-electron chi connectivity index (χ0n) is 14.2. The Morgan fingerprint density at radius 3 is 2.36 bits per heavy atom. The molecule has 25 heavy (non-hydrogen) atoms. The maximum absolute atomic E-state index is 12.5. The van der Waals surface area contributed by atoms with E-state index in [9.17, 15) is 13.6 Å². The highest BCUT2D eigenvalue weighted by Gasteiger charge is 2.16. The number of alkyl halides is 2. The van der Waals surface area contributed by atoms with Crippen LogP contribution in [0.2, 0.25) is 0 Å². The van der Waals surface area contributed by atoms with Crippen molar-refractivity contribution < 1.29 is 18.3 Å². The van der Waals surface area contributed by atoms with E-state index in [4.69, 9.17) is 0 Å². The Bertz CT molecular complexity index is 687. The molecule has 2 aromatic rings. The van der Waals surface area contributed by atoms with Crippen LogP contribution in [0.1, 0.15) is 30.9 Å². The standard InChI is InChI=1S/C16H15BrF2O.C4H6O/c1-11(9-12-5-3-2-4-6-12)14-8-7-13(17)10-15(14)20-16(18)19;1-3-4(2)5/h2-8,10-11,16H,9H2,1H3;3H,1H2,2H3. The zero-order chi connectivity index (χ0) is 18.8. The molecule has 0 aliphatic rings. The second kappa shape index (κ2) is 10.8. The highest BCUT2D eigenvalue weighted by molar-refractivity contribution is 9.10. The summed E-state index contributed by atoms with van der Waals surface area (Å²) in [7, 11) is 0. The van der Waals surface area contributed by atoms with Gasteiger partial charge in [0.1, 0.15) is 5.75 Å². The van der Waals surface area contributed by atoms with Crippen molar-refractivity contribution >= 4 is 21.7 Å². The molecule has 0 spiro atoms. The predicted molar refractivity (Wildman–Crippen MR) is 100 cm³/mol.